The summed E-state index contributed by atoms with van der Waals surface area (Å²) < 4.78 is 69.6. The van der Waals surface area contributed by atoms with Gasteiger partial charge in [-0.3, -0.25) is 19.2 Å². The van der Waals surface area contributed by atoms with Crippen molar-refractivity contribution in [2.75, 3.05) is 39.4 Å². The van der Waals surface area contributed by atoms with Crippen molar-refractivity contribution in [2.45, 2.75) is 127 Å². The van der Waals surface area contributed by atoms with Gasteiger partial charge in [0.1, 0.15) is 11.6 Å². The van der Waals surface area contributed by atoms with Crippen LogP contribution in [0, 0.1) is 11.8 Å². The van der Waals surface area contributed by atoms with E-state index in [0.29, 0.717) is 73.8 Å². The van der Waals surface area contributed by atoms with Crippen LogP contribution < -0.4 is 11.1 Å². The fraction of sp³-hybridized carbons (Fsp3) is 0.433. The average molecular weight is 1190 g/mol. The Morgan fingerprint density at radius 2 is 0.964 bits per heavy atom. The van der Waals surface area contributed by atoms with Crippen molar-refractivity contribution in [3.8, 4) is 0 Å². The van der Waals surface area contributed by atoms with Gasteiger partial charge in [-0.15, -0.1) is 10.2 Å². The molecule has 22 nitrogen and oxygen atoms in total. The zero-order valence-corrected chi connectivity index (χ0v) is 49.4. The lowest BCUT2D eigenvalue weighted by Crippen LogP contribution is -2.40. The van der Waals surface area contributed by atoms with Gasteiger partial charge < -0.3 is 19.4 Å². The van der Waals surface area contributed by atoms with Gasteiger partial charge in [0.25, 0.3) is 11.1 Å². The summed E-state index contributed by atoms with van der Waals surface area (Å²) >= 11 is 0. The standard InChI is InChI=1S/2C30H36N6O5S/c1-3-41-30(38)24-15-17-35(18-16-24)42(39,40)25-14-8-13-23(19-25)20-26-31-28-27(29(37)32-26)33-34-36(28)21(2)9-7-12-22-10-5-4-6-11-22;1-3-41-30(38)24-16-18-35(19-17-24)42(39,40)25-14-12-23(13-15-25)20-26-31-28-27(29(37)32-26)33-34-36(28)21(2)8-7-11-22-9-5-4-6-10-22/h4-6,8,10-11,13-14,19,21,24H,3,7,9,12,15-18,20H2,1-2H3,(H,31,32,37);4-6,9-10,12-15,21,24H,3,7-8,11,16-20H2,1-2H3,(H,31,32,37). The maximum Gasteiger partial charge on any atom is 0.309 e. The number of rotatable bonds is 22. The van der Waals surface area contributed by atoms with Crippen molar-refractivity contribution in [1.82, 2.24) is 58.5 Å². The van der Waals surface area contributed by atoms with E-state index >= 15 is 0 Å². The Kier molecular flexibility index (Phi) is 20.1. The number of aromatic amines is 2. The highest BCUT2D eigenvalue weighted by molar-refractivity contribution is 7.89. The number of aromatic nitrogens is 10. The Morgan fingerprint density at radius 1 is 0.548 bits per heavy atom. The summed E-state index contributed by atoms with van der Waals surface area (Å²) in [6, 6.07) is 33.8. The molecule has 2 aliphatic rings. The van der Waals surface area contributed by atoms with E-state index < -0.39 is 20.0 Å². The minimum absolute atomic E-state index is 0.00714. The van der Waals surface area contributed by atoms with Crippen LogP contribution in [0.1, 0.15) is 125 Å². The molecule has 2 aliphatic heterocycles. The SMILES string of the molecule is CCOC(=O)C1CCN(S(=O)(=O)c2ccc(Cc3nc4c(nnn4C(C)CCCc4ccccc4)c(=O)[nH]3)cc2)CC1.CCOC(=O)C1CCN(S(=O)(=O)c2cccc(Cc3nc4c(nnn4C(C)CCCc4ccccc4)c(=O)[nH]3)c2)CC1. The minimum atomic E-state index is -3.75. The predicted molar refractivity (Wildman–Crippen MR) is 315 cm³/mol. The van der Waals surface area contributed by atoms with Gasteiger partial charge in [-0.05, 0) is 138 Å². The van der Waals surface area contributed by atoms with E-state index in [0.717, 1.165) is 44.1 Å². The molecule has 2 unspecified atom stereocenters. The van der Waals surface area contributed by atoms with E-state index in [-0.39, 0.29) is 100 Å². The molecule has 4 aromatic heterocycles. The Bertz CT molecular complexity index is 3880. The van der Waals surface area contributed by atoms with Crippen LogP contribution in [-0.2, 0) is 64.8 Å². The lowest BCUT2D eigenvalue weighted by Gasteiger charge is -2.30. The topological polar surface area (TPSA) is 280 Å². The first-order chi connectivity index (χ1) is 40.5. The summed E-state index contributed by atoms with van der Waals surface area (Å²) in [7, 11) is -7.45. The van der Waals surface area contributed by atoms with Crippen LogP contribution in [0.4, 0.5) is 0 Å². The van der Waals surface area contributed by atoms with Crippen molar-refractivity contribution >= 4 is 54.3 Å². The first kappa shape index (κ1) is 60.8. The zero-order valence-electron chi connectivity index (χ0n) is 47.8. The molecule has 2 N–H and O–H groups in total. The molecule has 0 saturated carbocycles. The first-order valence-corrected chi connectivity index (χ1v) is 31.7. The number of sulfonamides is 2. The summed E-state index contributed by atoms with van der Waals surface area (Å²) in [5.74, 6) is -0.237. The molecule has 84 heavy (non-hydrogen) atoms. The third kappa shape index (κ3) is 14.7. The highest BCUT2D eigenvalue weighted by atomic mass is 32.2. The second-order valence-corrected chi connectivity index (χ2v) is 25.3. The molecule has 8 aromatic rings. The van der Waals surface area contributed by atoms with E-state index in [1.807, 2.05) is 50.2 Å². The lowest BCUT2D eigenvalue weighted by molar-refractivity contribution is -0.150. The summed E-state index contributed by atoms with van der Waals surface area (Å²) in [6.07, 6.45) is 7.77. The second-order valence-electron chi connectivity index (χ2n) is 21.4. The van der Waals surface area contributed by atoms with Gasteiger partial charge in [0.05, 0.1) is 46.9 Å². The van der Waals surface area contributed by atoms with Gasteiger partial charge in [0, 0.05) is 39.0 Å². The van der Waals surface area contributed by atoms with Crippen molar-refractivity contribution in [3.05, 3.63) is 164 Å². The molecule has 0 spiro atoms. The van der Waals surface area contributed by atoms with Crippen molar-refractivity contribution in [2.24, 2.45) is 11.8 Å². The Labute approximate surface area is 488 Å². The normalized spacial score (nSPS) is 15.6. The number of nitrogens with zero attached hydrogens (tertiary/aromatic N) is 10. The Hall–Kier alpha value is -7.80. The summed E-state index contributed by atoms with van der Waals surface area (Å²) in [4.78, 5) is 64.9. The largest absolute Gasteiger partial charge is 0.466 e. The minimum Gasteiger partial charge on any atom is -0.466 e. The van der Waals surface area contributed by atoms with Gasteiger partial charge in [0.2, 0.25) is 20.0 Å². The summed E-state index contributed by atoms with van der Waals surface area (Å²) in [5, 5.41) is 16.6. The van der Waals surface area contributed by atoms with E-state index in [2.05, 4.69) is 64.8 Å². The molecule has 2 atom stereocenters. The van der Waals surface area contributed by atoms with Crippen LogP contribution in [0.15, 0.2) is 129 Å². The number of nitrogens with one attached hydrogen (secondary N) is 2. The van der Waals surface area contributed by atoms with E-state index in [1.54, 1.807) is 71.7 Å². The molecule has 2 saturated heterocycles. The predicted octanol–water partition coefficient (Wildman–Crippen LogP) is 7.31. The number of hydrogen-bond donors (Lipinski definition) is 2. The fourth-order valence-corrected chi connectivity index (χ4v) is 13.7. The molecule has 4 aromatic carbocycles. The molecular formula is C60H72N12O10S2. The van der Waals surface area contributed by atoms with E-state index in [1.165, 1.54) is 19.7 Å². The average Bonchev–Trinajstić information content (AvgIpc) is 3.34. The number of H-pyrrole nitrogens is 2. The Balaban J connectivity index is 0.000000202. The molecule has 10 rings (SSSR count). The van der Waals surface area contributed by atoms with Gasteiger partial charge in [-0.25, -0.2) is 36.2 Å². The van der Waals surface area contributed by atoms with Gasteiger partial charge in [-0.1, -0.05) is 95.4 Å². The highest BCUT2D eigenvalue weighted by Crippen LogP contribution is 2.28. The molecule has 24 heteroatoms. The van der Waals surface area contributed by atoms with Gasteiger partial charge in [-0.2, -0.15) is 8.61 Å². The summed E-state index contributed by atoms with van der Waals surface area (Å²) in [6.45, 7) is 9.26. The van der Waals surface area contributed by atoms with Crippen LogP contribution in [-0.4, -0.2) is 127 Å². The van der Waals surface area contributed by atoms with Crippen molar-refractivity contribution in [3.63, 3.8) is 0 Å². The van der Waals surface area contributed by atoms with Crippen LogP contribution in [0.5, 0.6) is 0 Å². The number of aryl methyl sites for hydroxylation is 2. The molecule has 2 fully saturated rings. The number of esters is 2. The van der Waals surface area contributed by atoms with Gasteiger partial charge in [0.15, 0.2) is 22.3 Å². The van der Waals surface area contributed by atoms with Crippen molar-refractivity contribution < 1.29 is 35.9 Å². The number of ether oxygens (including phenoxy) is 2. The molecule has 6 heterocycles. The molecule has 0 aliphatic carbocycles. The van der Waals surface area contributed by atoms with Crippen LogP contribution in [0.2, 0.25) is 0 Å². The second kappa shape index (κ2) is 27.7. The number of hydrogen-bond acceptors (Lipinski definition) is 16. The number of fused-ring (bicyclic) bond motifs is 2. The number of carbonyl (C=O) groups excluding carboxylic acids is 2. The molecule has 444 valence electrons. The number of piperidine rings is 2. The quantitative estimate of drug-likeness (QED) is 0.0629. The van der Waals surface area contributed by atoms with E-state index in [4.69, 9.17) is 9.47 Å². The van der Waals surface area contributed by atoms with Crippen molar-refractivity contribution in [1.29, 1.82) is 0 Å². The fourth-order valence-electron chi connectivity index (χ4n) is 10.7. The number of carbonyl (C=O) groups is 2. The van der Waals surface area contributed by atoms with Gasteiger partial charge >= 0.3 is 11.9 Å². The van der Waals surface area contributed by atoms with Crippen LogP contribution in [0.25, 0.3) is 22.3 Å². The monoisotopic (exact) mass is 1180 g/mol. The number of benzene rings is 4. The third-order valence-electron chi connectivity index (χ3n) is 15.5. The maximum absolute atomic E-state index is 13.4. The molecular weight excluding hydrogens is 1110 g/mol. The molecule has 0 bridgehead atoms. The smallest absolute Gasteiger partial charge is 0.309 e. The lowest BCUT2D eigenvalue weighted by atomic mass is 9.98. The van der Waals surface area contributed by atoms with Crippen LogP contribution >= 0.6 is 0 Å². The van der Waals surface area contributed by atoms with E-state index in [9.17, 15) is 36.0 Å². The highest BCUT2D eigenvalue weighted by Gasteiger charge is 2.34. The first-order valence-electron chi connectivity index (χ1n) is 28.8. The zero-order chi connectivity index (χ0) is 59.4. The summed E-state index contributed by atoms with van der Waals surface area (Å²) in [5.41, 5.74) is 4.52. The molecule has 0 amide bonds. The third-order valence-corrected chi connectivity index (χ3v) is 19.3. The maximum atomic E-state index is 13.4. The Morgan fingerprint density at radius 3 is 1.40 bits per heavy atom. The molecule has 0 radical (unpaired) electrons. The van der Waals surface area contributed by atoms with Crippen LogP contribution in [0.3, 0.4) is 0 Å².